The van der Waals surface area contributed by atoms with Crippen molar-refractivity contribution in [2.45, 2.75) is 45.3 Å². The molecule has 19 heavy (non-hydrogen) atoms. The third-order valence-corrected chi connectivity index (χ3v) is 4.77. The van der Waals surface area contributed by atoms with Gasteiger partial charge in [-0.15, -0.1) is 0 Å². The highest BCUT2D eigenvalue weighted by Gasteiger charge is 2.32. The summed E-state index contributed by atoms with van der Waals surface area (Å²) in [5.41, 5.74) is 7.04. The Morgan fingerprint density at radius 2 is 2.37 bits per heavy atom. The molecule has 0 amide bonds. The largest absolute Gasteiger partial charge is 0.467 e. The Balaban J connectivity index is 1.85. The molecule has 0 spiro atoms. The minimum Gasteiger partial charge on any atom is -0.467 e. The number of hydrogen-bond acceptors (Lipinski definition) is 5. The number of hydrogen-bond donors (Lipinski definition) is 1. The van der Waals surface area contributed by atoms with Gasteiger partial charge < -0.3 is 15.1 Å². The zero-order chi connectivity index (χ0) is 13.4. The molecule has 2 aromatic heterocycles. The van der Waals surface area contributed by atoms with E-state index in [1.165, 1.54) is 17.7 Å². The Morgan fingerprint density at radius 1 is 1.58 bits per heavy atom. The highest BCUT2D eigenvalue weighted by atomic mass is 32.1. The number of aromatic nitrogens is 1. The molecule has 5 heteroatoms. The Labute approximate surface area is 117 Å². The minimum absolute atomic E-state index is 0.0518. The fraction of sp³-hybridized carbons (Fsp3) is 0.500. The molecule has 4 nitrogen and oxygen atoms in total. The van der Waals surface area contributed by atoms with Gasteiger partial charge in [-0.1, -0.05) is 11.3 Å². The number of aryl methyl sites for hydroxylation is 1. The van der Waals surface area contributed by atoms with Crippen molar-refractivity contribution < 1.29 is 4.42 Å². The summed E-state index contributed by atoms with van der Waals surface area (Å²) in [4.78, 5) is 8.23. The second kappa shape index (κ2) is 4.98. The summed E-state index contributed by atoms with van der Waals surface area (Å²) in [5.74, 6) is 0.988. The van der Waals surface area contributed by atoms with Crippen LogP contribution in [0.3, 0.4) is 0 Å². The van der Waals surface area contributed by atoms with Crippen LogP contribution in [0.4, 0.5) is 5.13 Å². The molecule has 0 bridgehead atoms. The average molecular weight is 277 g/mol. The van der Waals surface area contributed by atoms with Crippen LogP contribution in [0.1, 0.15) is 42.1 Å². The Morgan fingerprint density at radius 3 is 2.89 bits per heavy atom. The summed E-state index contributed by atoms with van der Waals surface area (Å²) >= 11 is 1.71. The van der Waals surface area contributed by atoms with Crippen LogP contribution in [-0.4, -0.2) is 11.0 Å². The van der Waals surface area contributed by atoms with Crippen molar-refractivity contribution in [2.24, 2.45) is 5.73 Å². The first kappa shape index (κ1) is 12.7. The lowest BCUT2D eigenvalue weighted by Crippen LogP contribution is -2.24. The lowest BCUT2D eigenvalue weighted by Gasteiger charge is -2.20. The Bertz CT molecular complexity index is 543. The van der Waals surface area contributed by atoms with E-state index in [0.29, 0.717) is 6.04 Å². The molecule has 2 heterocycles. The summed E-state index contributed by atoms with van der Waals surface area (Å²) in [6.45, 7) is 4.85. The number of thiazole rings is 1. The molecular formula is C14H19N3OS. The van der Waals surface area contributed by atoms with Gasteiger partial charge >= 0.3 is 0 Å². The monoisotopic (exact) mass is 277 g/mol. The normalized spacial score (nSPS) is 16.6. The van der Waals surface area contributed by atoms with Crippen LogP contribution < -0.4 is 10.6 Å². The molecule has 1 aliphatic carbocycles. The maximum absolute atomic E-state index is 5.99. The predicted octanol–water partition coefficient (Wildman–Crippen LogP) is 3.23. The highest BCUT2D eigenvalue weighted by Crippen LogP contribution is 2.37. The Hall–Kier alpha value is -1.33. The summed E-state index contributed by atoms with van der Waals surface area (Å²) in [6, 6.07) is 4.61. The van der Waals surface area contributed by atoms with E-state index in [0.717, 1.165) is 23.1 Å². The molecule has 0 aromatic carbocycles. The molecule has 0 radical (unpaired) electrons. The fourth-order valence-electron chi connectivity index (χ4n) is 2.25. The molecule has 2 aromatic rings. The molecule has 0 aliphatic heterocycles. The van der Waals surface area contributed by atoms with Gasteiger partial charge in [0.2, 0.25) is 0 Å². The van der Waals surface area contributed by atoms with Crippen molar-refractivity contribution in [3.05, 3.63) is 34.7 Å². The van der Waals surface area contributed by atoms with Crippen molar-refractivity contribution in [3.8, 4) is 0 Å². The van der Waals surface area contributed by atoms with Gasteiger partial charge in [0.1, 0.15) is 5.76 Å². The van der Waals surface area contributed by atoms with Crippen molar-refractivity contribution in [3.63, 3.8) is 0 Å². The van der Waals surface area contributed by atoms with Crippen molar-refractivity contribution >= 4 is 16.5 Å². The number of anilines is 1. The lowest BCUT2D eigenvalue weighted by molar-refractivity contribution is 0.501. The number of furan rings is 1. The second-order valence-electron chi connectivity index (χ2n) is 5.17. The van der Waals surface area contributed by atoms with Crippen LogP contribution in [0.5, 0.6) is 0 Å². The second-order valence-corrected chi connectivity index (χ2v) is 6.18. The van der Waals surface area contributed by atoms with Crippen LogP contribution in [-0.2, 0) is 6.54 Å². The van der Waals surface area contributed by atoms with Crippen LogP contribution in [0.15, 0.2) is 22.8 Å². The molecule has 0 saturated heterocycles. The van der Waals surface area contributed by atoms with E-state index < -0.39 is 0 Å². The van der Waals surface area contributed by atoms with Crippen LogP contribution >= 0.6 is 11.3 Å². The molecule has 1 unspecified atom stereocenters. The standard InChI is InChI=1S/C14H19N3OS/c1-9(15)13-10(2)16-14(19-13)17(11-5-6-11)8-12-4-3-7-18-12/h3-4,7,9,11H,5-6,8,15H2,1-2H3. The van der Waals surface area contributed by atoms with E-state index in [1.807, 2.05) is 26.0 Å². The van der Waals surface area contributed by atoms with Crippen LogP contribution in [0, 0.1) is 6.92 Å². The highest BCUT2D eigenvalue weighted by molar-refractivity contribution is 7.15. The van der Waals surface area contributed by atoms with Gasteiger partial charge in [0, 0.05) is 17.0 Å². The quantitative estimate of drug-likeness (QED) is 0.911. The zero-order valence-electron chi connectivity index (χ0n) is 11.3. The van der Waals surface area contributed by atoms with E-state index in [2.05, 4.69) is 4.90 Å². The van der Waals surface area contributed by atoms with Gasteiger partial charge in [0.05, 0.1) is 18.5 Å². The Kier molecular flexibility index (Phi) is 3.33. The van der Waals surface area contributed by atoms with Gasteiger partial charge in [-0.3, -0.25) is 0 Å². The van der Waals surface area contributed by atoms with E-state index >= 15 is 0 Å². The summed E-state index contributed by atoms with van der Waals surface area (Å²) in [7, 11) is 0. The predicted molar refractivity (Wildman–Crippen MR) is 77.4 cm³/mol. The lowest BCUT2D eigenvalue weighted by atomic mass is 10.2. The minimum atomic E-state index is 0.0518. The van der Waals surface area contributed by atoms with Crippen molar-refractivity contribution in [1.29, 1.82) is 0 Å². The van der Waals surface area contributed by atoms with Gasteiger partial charge in [0.15, 0.2) is 5.13 Å². The topological polar surface area (TPSA) is 55.3 Å². The summed E-state index contributed by atoms with van der Waals surface area (Å²) in [5, 5.41) is 1.07. The van der Waals surface area contributed by atoms with Gasteiger partial charge in [-0.2, -0.15) is 0 Å². The maximum Gasteiger partial charge on any atom is 0.186 e. The summed E-state index contributed by atoms with van der Waals surface area (Å²) in [6.07, 6.45) is 4.21. The van der Waals surface area contributed by atoms with Crippen LogP contribution in [0.2, 0.25) is 0 Å². The van der Waals surface area contributed by atoms with Crippen molar-refractivity contribution in [2.75, 3.05) is 4.90 Å². The fourth-order valence-corrected chi connectivity index (χ4v) is 3.34. The number of nitrogens with two attached hydrogens (primary N) is 1. The van der Waals surface area contributed by atoms with Gasteiger partial charge in [0.25, 0.3) is 0 Å². The first-order chi connectivity index (χ1) is 9.15. The van der Waals surface area contributed by atoms with E-state index in [1.54, 1.807) is 17.6 Å². The average Bonchev–Trinajstić information content (AvgIpc) is 2.93. The molecule has 1 aliphatic rings. The molecule has 3 rings (SSSR count). The molecule has 1 fully saturated rings. The molecule has 1 atom stereocenters. The molecule has 2 N–H and O–H groups in total. The van der Waals surface area contributed by atoms with E-state index in [9.17, 15) is 0 Å². The van der Waals surface area contributed by atoms with Gasteiger partial charge in [-0.05, 0) is 38.8 Å². The van der Waals surface area contributed by atoms with E-state index in [4.69, 9.17) is 15.1 Å². The smallest absolute Gasteiger partial charge is 0.186 e. The zero-order valence-corrected chi connectivity index (χ0v) is 12.1. The van der Waals surface area contributed by atoms with Crippen molar-refractivity contribution in [1.82, 2.24) is 4.98 Å². The van der Waals surface area contributed by atoms with Gasteiger partial charge in [-0.25, -0.2) is 4.98 Å². The first-order valence-electron chi connectivity index (χ1n) is 6.67. The molecule has 102 valence electrons. The third kappa shape index (κ3) is 2.67. The van der Waals surface area contributed by atoms with E-state index in [-0.39, 0.29) is 6.04 Å². The SMILES string of the molecule is Cc1nc(N(Cc2ccco2)C2CC2)sc1C(C)N. The summed E-state index contributed by atoms with van der Waals surface area (Å²) < 4.78 is 5.46. The molecule has 1 saturated carbocycles. The molecular weight excluding hydrogens is 258 g/mol. The first-order valence-corrected chi connectivity index (χ1v) is 7.48. The number of nitrogens with zero attached hydrogens (tertiary/aromatic N) is 2. The maximum atomic E-state index is 5.99. The van der Waals surface area contributed by atoms with Crippen LogP contribution in [0.25, 0.3) is 0 Å². The number of rotatable bonds is 5. The third-order valence-electron chi connectivity index (χ3n) is 3.37.